The molecule has 0 aromatic heterocycles. The number of hydrogen-bond donors (Lipinski definition) is 2. The number of guanidine groups is 1. The third kappa shape index (κ3) is 6.72. The van der Waals surface area contributed by atoms with Crippen molar-refractivity contribution in [3.05, 3.63) is 18.2 Å². The van der Waals surface area contributed by atoms with Gasteiger partial charge in [-0.15, -0.1) is 24.0 Å². The van der Waals surface area contributed by atoms with E-state index in [4.69, 9.17) is 9.47 Å². The predicted molar refractivity (Wildman–Crippen MR) is 124 cm³/mol. The number of rotatable bonds is 9. The Kier molecular flexibility index (Phi) is 11.0. The number of anilines is 1. The number of nitrogens with one attached hydrogen (secondary N) is 2. The summed E-state index contributed by atoms with van der Waals surface area (Å²) in [5.74, 6) is 2.36. The molecule has 1 aromatic carbocycles. The minimum absolute atomic E-state index is 0. The maximum absolute atomic E-state index is 12.0. The van der Waals surface area contributed by atoms with Crippen LogP contribution in [0.1, 0.15) is 39.5 Å². The van der Waals surface area contributed by atoms with Gasteiger partial charge in [0.25, 0.3) is 0 Å². The lowest BCUT2D eigenvalue weighted by atomic mass is 10.1. The lowest BCUT2D eigenvalue weighted by Gasteiger charge is -2.27. The summed E-state index contributed by atoms with van der Waals surface area (Å²) in [4.78, 5) is 18.2. The van der Waals surface area contributed by atoms with Crippen molar-refractivity contribution in [2.45, 2.75) is 45.6 Å². The van der Waals surface area contributed by atoms with Crippen LogP contribution in [0, 0.1) is 0 Å². The SMILES string of the molecule is CCOc1ccc(NC(=NC)NCCC(CC)N2CCCC2=O)cc1OC.I. The maximum Gasteiger partial charge on any atom is 0.222 e. The van der Waals surface area contributed by atoms with Gasteiger partial charge in [-0.3, -0.25) is 9.79 Å². The van der Waals surface area contributed by atoms with Gasteiger partial charge < -0.3 is 25.0 Å². The Labute approximate surface area is 185 Å². The average molecular weight is 504 g/mol. The van der Waals surface area contributed by atoms with Crippen molar-refractivity contribution in [3.63, 3.8) is 0 Å². The van der Waals surface area contributed by atoms with Gasteiger partial charge in [-0.25, -0.2) is 0 Å². The van der Waals surface area contributed by atoms with Gasteiger partial charge in [-0.2, -0.15) is 0 Å². The fraction of sp³-hybridized carbons (Fsp3) is 0.600. The summed E-state index contributed by atoms with van der Waals surface area (Å²) < 4.78 is 10.9. The molecule has 1 aliphatic heterocycles. The predicted octanol–water partition coefficient (Wildman–Crippen LogP) is 3.49. The zero-order valence-corrected chi connectivity index (χ0v) is 19.6. The second-order valence-electron chi connectivity index (χ2n) is 6.46. The van der Waals surface area contributed by atoms with Crippen LogP contribution in [0.4, 0.5) is 5.69 Å². The Morgan fingerprint density at radius 1 is 1.32 bits per heavy atom. The molecule has 1 amide bonds. The van der Waals surface area contributed by atoms with E-state index in [9.17, 15) is 4.79 Å². The number of aliphatic imine (C=N–C) groups is 1. The summed E-state index contributed by atoms with van der Waals surface area (Å²) in [5, 5.41) is 6.59. The van der Waals surface area contributed by atoms with Gasteiger partial charge in [0.1, 0.15) is 0 Å². The van der Waals surface area contributed by atoms with Gasteiger partial charge >= 0.3 is 0 Å². The highest BCUT2D eigenvalue weighted by Crippen LogP contribution is 2.30. The zero-order valence-electron chi connectivity index (χ0n) is 17.3. The molecule has 1 aliphatic rings. The molecule has 1 heterocycles. The highest BCUT2D eigenvalue weighted by molar-refractivity contribution is 14.0. The van der Waals surface area contributed by atoms with E-state index < -0.39 is 0 Å². The Morgan fingerprint density at radius 2 is 2.11 bits per heavy atom. The molecular formula is C20H33IN4O3. The minimum atomic E-state index is 0. The summed E-state index contributed by atoms with van der Waals surface area (Å²) in [7, 11) is 3.36. The van der Waals surface area contributed by atoms with E-state index in [-0.39, 0.29) is 35.9 Å². The standard InChI is InChI=1S/C20H32N4O3.HI/c1-5-16(24-13-7-8-19(24)25)11-12-22-20(21-3)23-15-9-10-17(27-6-2)18(14-15)26-4;/h9-10,14,16H,5-8,11-13H2,1-4H3,(H2,21,22,23);1H. The number of methoxy groups -OCH3 is 1. The second-order valence-corrected chi connectivity index (χ2v) is 6.46. The summed E-state index contributed by atoms with van der Waals surface area (Å²) in [6.07, 6.45) is 3.53. The van der Waals surface area contributed by atoms with Gasteiger partial charge in [0, 0.05) is 44.4 Å². The molecule has 2 rings (SSSR count). The molecule has 8 heteroatoms. The van der Waals surface area contributed by atoms with Gasteiger partial charge in [0.05, 0.1) is 13.7 Å². The number of likely N-dealkylation sites (tertiary alicyclic amines) is 1. The van der Waals surface area contributed by atoms with Crippen molar-refractivity contribution < 1.29 is 14.3 Å². The van der Waals surface area contributed by atoms with E-state index in [2.05, 4.69) is 22.5 Å². The van der Waals surface area contributed by atoms with Crippen molar-refractivity contribution >= 4 is 41.5 Å². The van der Waals surface area contributed by atoms with Crippen LogP contribution in [-0.2, 0) is 4.79 Å². The Bertz CT molecular complexity index is 654. The van der Waals surface area contributed by atoms with Gasteiger partial charge in [-0.05, 0) is 38.3 Å². The molecule has 0 saturated carbocycles. The monoisotopic (exact) mass is 504 g/mol. The van der Waals surface area contributed by atoms with Crippen molar-refractivity contribution in [2.75, 3.05) is 39.2 Å². The summed E-state index contributed by atoms with van der Waals surface area (Å²) in [6.45, 7) is 6.29. The summed E-state index contributed by atoms with van der Waals surface area (Å²) in [5.41, 5.74) is 0.866. The number of halogens is 1. The topological polar surface area (TPSA) is 75.2 Å². The molecule has 2 N–H and O–H groups in total. The molecule has 28 heavy (non-hydrogen) atoms. The van der Waals surface area contributed by atoms with Crippen LogP contribution in [0.15, 0.2) is 23.2 Å². The number of ether oxygens (including phenoxy) is 2. The highest BCUT2D eigenvalue weighted by Gasteiger charge is 2.26. The van der Waals surface area contributed by atoms with Crippen molar-refractivity contribution in [1.82, 2.24) is 10.2 Å². The number of carbonyl (C=O) groups excluding carboxylic acids is 1. The third-order valence-electron chi connectivity index (χ3n) is 4.74. The third-order valence-corrected chi connectivity index (χ3v) is 4.74. The first kappa shape index (κ1) is 24.3. The van der Waals surface area contributed by atoms with Crippen LogP contribution >= 0.6 is 24.0 Å². The largest absolute Gasteiger partial charge is 0.493 e. The van der Waals surface area contributed by atoms with Crippen LogP contribution in [-0.4, -0.2) is 56.7 Å². The van der Waals surface area contributed by atoms with Crippen molar-refractivity contribution in [1.29, 1.82) is 0 Å². The molecule has 0 aliphatic carbocycles. The maximum atomic E-state index is 12.0. The first-order chi connectivity index (χ1) is 13.1. The Balaban J connectivity index is 0.00000392. The highest BCUT2D eigenvalue weighted by atomic mass is 127. The normalized spacial score (nSPS) is 15.1. The van der Waals surface area contributed by atoms with Gasteiger partial charge in [-0.1, -0.05) is 6.92 Å². The molecule has 1 atom stereocenters. The van der Waals surface area contributed by atoms with Crippen LogP contribution < -0.4 is 20.1 Å². The molecule has 0 spiro atoms. The van der Waals surface area contributed by atoms with Gasteiger partial charge in [0.15, 0.2) is 17.5 Å². The summed E-state index contributed by atoms with van der Waals surface area (Å²) >= 11 is 0. The van der Waals surface area contributed by atoms with Crippen molar-refractivity contribution in [2.24, 2.45) is 4.99 Å². The summed E-state index contributed by atoms with van der Waals surface area (Å²) in [6, 6.07) is 5.98. The van der Waals surface area contributed by atoms with Gasteiger partial charge in [0.2, 0.25) is 5.91 Å². The minimum Gasteiger partial charge on any atom is -0.493 e. The fourth-order valence-electron chi connectivity index (χ4n) is 3.33. The average Bonchev–Trinajstić information content (AvgIpc) is 3.11. The quantitative estimate of drug-likeness (QED) is 0.306. The lowest BCUT2D eigenvalue weighted by molar-refractivity contribution is -0.129. The van der Waals surface area contributed by atoms with Crippen LogP contribution in [0.2, 0.25) is 0 Å². The number of nitrogens with zero attached hydrogens (tertiary/aromatic N) is 2. The molecular weight excluding hydrogens is 471 g/mol. The Hall–Kier alpha value is -1.71. The number of amides is 1. The molecule has 1 fully saturated rings. The number of carbonyl (C=O) groups is 1. The fourth-order valence-corrected chi connectivity index (χ4v) is 3.33. The molecule has 1 aromatic rings. The van der Waals surface area contributed by atoms with E-state index in [1.54, 1.807) is 14.2 Å². The van der Waals surface area contributed by atoms with Crippen LogP contribution in [0.5, 0.6) is 11.5 Å². The molecule has 158 valence electrons. The zero-order chi connectivity index (χ0) is 19.6. The van der Waals surface area contributed by atoms with E-state index in [1.807, 2.05) is 30.0 Å². The van der Waals surface area contributed by atoms with E-state index in [1.165, 1.54) is 0 Å². The lowest BCUT2D eigenvalue weighted by Crippen LogP contribution is -2.39. The van der Waals surface area contributed by atoms with Crippen molar-refractivity contribution in [3.8, 4) is 11.5 Å². The number of benzene rings is 1. The first-order valence-corrected chi connectivity index (χ1v) is 9.70. The molecule has 1 unspecified atom stereocenters. The van der Waals surface area contributed by atoms with E-state index in [0.29, 0.717) is 24.7 Å². The molecule has 0 bridgehead atoms. The molecule has 1 saturated heterocycles. The van der Waals surface area contributed by atoms with Crippen LogP contribution in [0.25, 0.3) is 0 Å². The second kappa shape index (κ2) is 12.7. The molecule has 7 nitrogen and oxygen atoms in total. The van der Waals surface area contributed by atoms with E-state index >= 15 is 0 Å². The molecule has 0 radical (unpaired) electrons. The van der Waals surface area contributed by atoms with Crippen LogP contribution in [0.3, 0.4) is 0 Å². The van der Waals surface area contributed by atoms with E-state index in [0.717, 1.165) is 43.8 Å². The number of hydrogen-bond acceptors (Lipinski definition) is 4. The first-order valence-electron chi connectivity index (χ1n) is 9.70. The smallest absolute Gasteiger partial charge is 0.222 e. The Morgan fingerprint density at radius 3 is 2.68 bits per heavy atom.